The van der Waals surface area contributed by atoms with Gasteiger partial charge in [-0.25, -0.2) is 4.79 Å². The number of nitrogens with zero attached hydrogens (tertiary/aromatic N) is 1. The van der Waals surface area contributed by atoms with E-state index in [0.29, 0.717) is 23.9 Å². The third-order valence-electron chi connectivity index (χ3n) is 4.54. The monoisotopic (exact) mass is 328 g/mol. The Morgan fingerprint density at radius 1 is 1.35 bits per heavy atom. The van der Waals surface area contributed by atoms with E-state index >= 15 is 0 Å². The van der Waals surface area contributed by atoms with Gasteiger partial charge in [0.05, 0.1) is 0 Å². The second-order valence-electron chi connectivity index (χ2n) is 8.15. The minimum absolute atomic E-state index is 0.204. The maximum Gasteiger partial charge on any atom is 0.410 e. The molecular weight excluding hydrogens is 292 g/mol. The summed E-state index contributed by atoms with van der Waals surface area (Å²) in [7, 11) is 0. The summed E-state index contributed by atoms with van der Waals surface area (Å²) >= 11 is 0. The van der Waals surface area contributed by atoms with Crippen molar-refractivity contribution in [3.8, 4) is 0 Å². The standard InChI is InChI=1S/C18H36N2O3/c1-13(2)16(9-11-21)19-14(3)15-8-7-10-20(12-15)17(22)23-18(4,5)6/h13-16,19,21H,7-12H2,1-6H3. The van der Waals surface area contributed by atoms with Gasteiger partial charge in [0.25, 0.3) is 0 Å². The molecule has 5 heteroatoms. The summed E-state index contributed by atoms with van der Waals surface area (Å²) in [6.07, 6.45) is 2.70. The molecule has 0 aromatic heterocycles. The number of ether oxygens (including phenoxy) is 1. The van der Waals surface area contributed by atoms with E-state index in [0.717, 1.165) is 32.4 Å². The maximum atomic E-state index is 12.3. The minimum Gasteiger partial charge on any atom is -0.444 e. The van der Waals surface area contributed by atoms with Crippen molar-refractivity contribution < 1.29 is 14.6 Å². The maximum absolute atomic E-state index is 12.3. The van der Waals surface area contributed by atoms with E-state index < -0.39 is 5.60 Å². The van der Waals surface area contributed by atoms with E-state index in [1.807, 2.05) is 25.7 Å². The van der Waals surface area contributed by atoms with Gasteiger partial charge in [0.15, 0.2) is 0 Å². The largest absolute Gasteiger partial charge is 0.444 e. The van der Waals surface area contributed by atoms with Crippen LogP contribution in [0, 0.1) is 11.8 Å². The number of amides is 1. The fourth-order valence-corrected chi connectivity index (χ4v) is 3.13. The van der Waals surface area contributed by atoms with E-state index in [2.05, 4.69) is 26.1 Å². The van der Waals surface area contributed by atoms with E-state index in [1.165, 1.54) is 0 Å². The van der Waals surface area contributed by atoms with Gasteiger partial charge in [0, 0.05) is 31.8 Å². The van der Waals surface area contributed by atoms with Crippen molar-refractivity contribution in [2.24, 2.45) is 11.8 Å². The van der Waals surface area contributed by atoms with Gasteiger partial charge in [-0.2, -0.15) is 0 Å². The summed E-state index contributed by atoms with van der Waals surface area (Å²) in [6, 6.07) is 0.631. The molecule has 136 valence electrons. The van der Waals surface area contributed by atoms with Crippen LogP contribution in [0.2, 0.25) is 0 Å². The van der Waals surface area contributed by atoms with Crippen LogP contribution in [0.25, 0.3) is 0 Å². The number of hydrogen-bond acceptors (Lipinski definition) is 4. The molecule has 0 bridgehead atoms. The van der Waals surface area contributed by atoms with Crippen LogP contribution in [-0.2, 0) is 4.74 Å². The van der Waals surface area contributed by atoms with Gasteiger partial charge in [-0.15, -0.1) is 0 Å². The zero-order valence-electron chi connectivity index (χ0n) is 15.8. The van der Waals surface area contributed by atoms with Crippen molar-refractivity contribution in [3.05, 3.63) is 0 Å². The number of carbonyl (C=O) groups excluding carboxylic acids is 1. The first kappa shape index (κ1) is 20.2. The third kappa shape index (κ3) is 7.08. The van der Waals surface area contributed by atoms with Crippen molar-refractivity contribution in [3.63, 3.8) is 0 Å². The summed E-state index contributed by atoms with van der Waals surface area (Å²) in [4.78, 5) is 14.1. The molecule has 23 heavy (non-hydrogen) atoms. The Bertz CT molecular complexity index is 366. The molecule has 0 spiro atoms. The number of piperidine rings is 1. The summed E-state index contributed by atoms with van der Waals surface area (Å²) in [5, 5.41) is 12.9. The molecule has 1 amide bonds. The van der Waals surface area contributed by atoms with Gasteiger partial charge < -0.3 is 20.1 Å². The molecule has 5 nitrogen and oxygen atoms in total. The normalized spacial score (nSPS) is 22.1. The Kier molecular flexibility index (Phi) is 7.81. The minimum atomic E-state index is -0.447. The molecule has 3 atom stereocenters. The summed E-state index contributed by atoms with van der Waals surface area (Å²) in [5.41, 5.74) is -0.447. The summed E-state index contributed by atoms with van der Waals surface area (Å²) in [5.74, 6) is 0.909. The predicted molar refractivity (Wildman–Crippen MR) is 93.5 cm³/mol. The zero-order valence-corrected chi connectivity index (χ0v) is 15.8. The van der Waals surface area contributed by atoms with Crippen molar-refractivity contribution in [2.45, 2.75) is 78.5 Å². The lowest BCUT2D eigenvalue weighted by Gasteiger charge is -2.38. The third-order valence-corrected chi connectivity index (χ3v) is 4.54. The van der Waals surface area contributed by atoms with Crippen LogP contribution < -0.4 is 5.32 Å². The van der Waals surface area contributed by atoms with Gasteiger partial charge >= 0.3 is 6.09 Å². The molecule has 0 radical (unpaired) electrons. The number of rotatable bonds is 6. The second-order valence-corrected chi connectivity index (χ2v) is 8.15. The highest BCUT2D eigenvalue weighted by atomic mass is 16.6. The molecule has 1 heterocycles. The molecule has 1 aliphatic rings. The lowest BCUT2D eigenvalue weighted by Crippen LogP contribution is -2.50. The Balaban J connectivity index is 2.58. The number of hydrogen-bond donors (Lipinski definition) is 2. The highest BCUT2D eigenvalue weighted by Crippen LogP contribution is 2.23. The number of aliphatic hydroxyl groups excluding tert-OH is 1. The van der Waals surface area contributed by atoms with Gasteiger partial charge in [-0.3, -0.25) is 0 Å². The molecule has 0 aromatic rings. The molecule has 1 aliphatic heterocycles. The van der Waals surface area contributed by atoms with E-state index in [4.69, 9.17) is 4.74 Å². The topological polar surface area (TPSA) is 61.8 Å². The van der Waals surface area contributed by atoms with E-state index in [-0.39, 0.29) is 12.7 Å². The van der Waals surface area contributed by atoms with Crippen LogP contribution in [-0.4, -0.2) is 53.5 Å². The van der Waals surface area contributed by atoms with Crippen LogP contribution in [0.15, 0.2) is 0 Å². The van der Waals surface area contributed by atoms with Gasteiger partial charge in [0.1, 0.15) is 5.60 Å². The van der Waals surface area contributed by atoms with Crippen LogP contribution in [0.4, 0.5) is 4.79 Å². The molecule has 2 N–H and O–H groups in total. The molecule has 1 fully saturated rings. The lowest BCUT2D eigenvalue weighted by atomic mass is 9.90. The predicted octanol–water partition coefficient (Wildman–Crippen LogP) is 3.02. The van der Waals surface area contributed by atoms with Gasteiger partial charge in [-0.1, -0.05) is 13.8 Å². The quantitative estimate of drug-likeness (QED) is 0.787. The molecule has 1 rings (SSSR count). The first-order chi connectivity index (χ1) is 10.6. The summed E-state index contributed by atoms with van der Waals surface area (Å²) in [6.45, 7) is 14.0. The van der Waals surface area contributed by atoms with Crippen LogP contribution in [0.3, 0.4) is 0 Å². The van der Waals surface area contributed by atoms with E-state index in [9.17, 15) is 9.90 Å². The second kappa shape index (κ2) is 8.88. The SMILES string of the molecule is CC(C)C(CCO)NC(C)C1CCCN(C(=O)OC(C)(C)C)C1. The molecule has 0 aliphatic carbocycles. The first-order valence-electron chi connectivity index (χ1n) is 8.99. The lowest BCUT2D eigenvalue weighted by molar-refractivity contribution is 0.0144. The number of aliphatic hydroxyl groups is 1. The zero-order chi connectivity index (χ0) is 17.6. The Morgan fingerprint density at radius 3 is 2.52 bits per heavy atom. The highest BCUT2D eigenvalue weighted by molar-refractivity contribution is 5.68. The highest BCUT2D eigenvalue weighted by Gasteiger charge is 2.31. The average Bonchev–Trinajstić information content (AvgIpc) is 2.45. The molecule has 0 saturated carbocycles. The van der Waals surface area contributed by atoms with Gasteiger partial charge in [-0.05, 0) is 58.8 Å². The Morgan fingerprint density at radius 2 is 2.00 bits per heavy atom. The average molecular weight is 328 g/mol. The molecule has 0 aromatic carbocycles. The number of likely N-dealkylation sites (tertiary alicyclic amines) is 1. The van der Waals surface area contributed by atoms with Crippen molar-refractivity contribution in [2.75, 3.05) is 19.7 Å². The van der Waals surface area contributed by atoms with Crippen molar-refractivity contribution >= 4 is 6.09 Å². The number of nitrogens with one attached hydrogen (secondary N) is 1. The van der Waals surface area contributed by atoms with E-state index in [1.54, 1.807) is 0 Å². The van der Waals surface area contributed by atoms with Crippen molar-refractivity contribution in [1.82, 2.24) is 10.2 Å². The number of carbonyl (C=O) groups is 1. The van der Waals surface area contributed by atoms with Crippen LogP contribution >= 0.6 is 0 Å². The fraction of sp³-hybridized carbons (Fsp3) is 0.944. The molecule has 3 unspecified atom stereocenters. The summed E-state index contributed by atoms with van der Waals surface area (Å²) < 4.78 is 5.50. The molecule has 1 saturated heterocycles. The smallest absolute Gasteiger partial charge is 0.410 e. The first-order valence-corrected chi connectivity index (χ1v) is 8.99. The fourth-order valence-electron chi connectivity index (χ4n) is 3.13. The Hall–Kier alpha value is -0.810. The van der Waals surface area contributed by atoms with Crippen LogP contribution in [0.5, 0.6) is 0 Å². The van der Waals surface area contributed by atoms with Gasteiger partial charge in [0.2, 0.25) is 0 Å². The Labute approximate surface area is 141 Å². The molecular formula is C18H36N2O3. The van der Waals surface area contributed by atoms with Crippen LogP contribution in [0.1, 0.15) is 60.8 Å². The van der Waals surface area contributed by atoms with Crippen molar-refractivity contribution in [1.29, 1.82) is 0 Å².